The summed E-state index contributed by atoms with van der Waals surface area (Å²) in [6.07, 6.45) is 6.59. The third-order valence-corrected chi connectivity index (χ3v) is 4.01. The number of nitrogens with zero attached hydrogens (tertiary/aromatic N) is 3. The van der Waals surface area contributed by atoms with Gasteiger partial charge in [0.2, 0.25) is 0 Å². The summed E-state index contributed by atoms with van der Waals surface area (Å²) in [4.78, 5) is 8.46. The number of halogens is 1. The number of aryl methyl sites for hydroxylation is 1. The van der Waals surface area contributed by atoms with Crippen molar-refractivity contribution in [2.24, 2.45) is 10.7 Å². The Labute approximate surface area is 171 Å². The average Bonchev–Trinajstić information content (AvgIpc) is 3.15. The van der Waals surface area contributed by atoms with Crippen LogP contribution in [0.5, 0.6) is 0 Å². The van der Waals surface area contributed by atoms with Gasteiger partial charge in [-0.15, -0.1) is 24.0 Å². The second-order valence-corrected chi connectivity index (χ2v) is 5.93. The van der Waals surface area contributed by atoms with Gasteiger partial charge in [0.05, 0.1) is 12.9 Å². The largest absolute Gasteiger partial charge is 0.370 e. The van der Waals surface area contributed by atoms with Gasteiger partial charge in [0.25, 0.3) is 0 Å². The number of aromatic nitrogens is 2. The van der Waals surface area contributed by atoms with Crippen LogP contribution in [-0.2, 0) is 19.5 Å². The zero-order chi connectivity index (χ0) is 17.5. The molecule has 0 spiro atoms. The monoisotopic (exact) mass is 461 g/mol. The molecular weight excluding hydrogens is 437 g/mol. The maximum atomic E-state index is 5.97. The molecule has 0 atom stereocenters. The van der Waals surface area contributed by atoms with E-state index in [2.05, 4.69) is 58.6 Å². The van der Waals surface area contributed by atoms with E-state index in [0.29, 0.717) is 12.5 Å². The van der Waals surface area contributed by atoms with Gasteiger partial charge in [-0.25, -0.2) is 9.98 Å². The fraction of sp³-hybridized carbons (Fsp3) is 0.200. The number of hydrogen-bond acceptors (Lipinski definition) is 2. The molecule has 0 fully saturated rings. The van der Waals surface area contributed by atoms with E-state index < -0.39 is 0 Å². The lowest BCUT2D eigenvalue weighted by Crippen LogP contribution is -2.22. The van der Waals surface area contributed by atoms with E-state index in [0.717, 1.165) is 24.2 Å². The number of nitrogens with one attached hydrogen (secondary N) is 1. The summed E-state index contributed by atoms with van der Waals surface area (Å²) in [6.45, 7) is 3.51. The van der Waals surface area contributed by atoms with Gasteiger partial charge in [0, 0.05) is 24.6 Å². The van der Waals surface area contributed by atoms with Crippen molar-refractivity contribution in [2.45, 2.75) is 26.4 Å². The lowest BCUT2D eigenvalue weighted by atomic mass is 10.1. The number of nitrogens with two attached hydrogens (primary N) is 1. The highest BCUT2D eigenvalue weighted by atomic mass is 127. The van der Waals surface area contributed by atoms with Crippen molar-refractivity contribution in [3.63, 3.8) is 0 Å². The SMILES string of the molecule is CCc1ccc(NC(N)=NCc2ccc(Cn3ccnc3)cc2)cc1.I. The summed E-state index contributed by atoms with van der Waals surface area (Å²) in [5, 5.41) is 3.12. The number of hydrogen-bond donors (Lipinski definition) is 2. The molecule has 6 heteroatoms. The molecule has 26 heavy (non-hydrogen) atoms. The molecule has 0 aliphatic carbocycles. The molecule has 3 rings (SSSR count). The van der Waals surface area contributed by atoms with E-state index in [1.165, 1.54) is 11.1 Å². The van der Waals surface area contributed by atoms with Crippen molar-refractivity contribution in [1.82, 2.24) is 9.55 Å². The summed E-state index contributed by atoms with van der Waals surface area (Å²) >= 11 is 0. The van der Waals surface area contributed by atoms with Crippen LogP contribution in [0.4, 0.5) is 5.69 Å². The molecule has 1 heterocycles. The fourth-order valence-electron chi connectivity index (χ4n) is 2.53. The molecule has 5 nitrogen and oxygen atoms in total. The number of anilines is 1. The van der Waals surface area contributed by atoms with Crippen molar-refractivity contribution < 1.29 is 0 Å². The first-order chi connectivity index (χ1) is 12.2. The van der Waals surface area contributed by atoms with Gasteiger partial charge in [-0.1, -0.05) is 43.3 Å². The second kappa shape index (κ2) is 9.96. The van der Waals surface area contributed by atoms with E-state index in [9.17, 15) is 0 Å². The summed E-state index contributed by atoms with van der Waals surface area (Å²) in [5.41, 5.74) is 10.6. The van der Waals surface area contributed by atoms with Crippen LogP contribution in [0.2, 0.25) is 0 Å². The van der Waals surface area contributed by atoms with Crippen LogP contribution in [0.15, 0.2) is 72.2 Å². The molecule has 0 saturated carbocycles. The molecule has 0 aliphatic heterocycles. The molecule has 0 unspecified atom stereocenters. The van der Waals surface area contributed by atoms with Gasteiger partial charge >= 0.3 is 0 Å². The minimum Gasteiger partial charge on any atom is -0.370 e. The number of benzene rings is 2. The van der Waals surface area contributed by atoms with Crippen molar-refractivity contribution >= 4 is 35.6 Å². The fourth-order valence-corrected chi connectivity index (χ4v) is 2.53. The topological polar surface area (TPSA) is 68.2 Å². The average molecular weight is 461 g/mol. The molecule has 3 aromatic rings. The number of imidazole rings is 1. The third-order valence-electron chi connectivity index (χ3n) is 4.01. The lowest BCUT2D eigenvalue weighted by molar-refractivity contribution is 0.796. The highest BCUT2D eigenvalue weighted by molar-refractivity contribution is 14.0. The zero-order valence-corrected chi connectivity index (χ0v) is 17.1. The Morgan fingerprint density at radius 1 is 1.04 bits per heavy atom. The molecule has 136 valence electrons. The number of aliphatic imine (C=N–C) groups is 1. The third kappa shape index (κ3) is 5.87. The van der Waals surface area contributed by atoms with Crippen LogP contribution in [0.25, 0.3) is 0 Å². The Kier molecular flexibility index (Phi) is 7.65. The van der Waals surface area contributed by atoms with E-state index in [4.69, 9.17) is 5.73 Å². The smallest absolute Gasteiger partial charge is 0.193 e. The van der Waals surface area contributed by atoms with E-state index >= 15 is 0 Å². The first-order valence-electron chi connectivity index (χ1n) is 8.42. The molecule has 0 bridgehead atoms. The van der Waals surface area contributed by atoms with Crippen molar-refractivity contribution in [1.29, 1.82) is 0 Å². The molecule has 0 radical (unpaired) electrons. The van der Waals surface area contributed by atoms with Crippen LogP contribution in [0.1, 0.15) is 23.6 Å². The van der Waals surface area contributed by atoms with Crippen molar-refractivity contribution in [2.75, 3.05) is 5.32 Å². The highest BCUT2D eigenvalue weighted by Gasteiger charge is 1.98. The minimum atomic E-state index is 0. The molecule has 1 aromatic heterocycles. The number of rotatable bonds is 6. The summed E-state index contributed by atoms with van der Waals surface area (Å²) in [7, 11) is 0. The standard InChI is InChI=1S/C20H23N5.HI/c1-2-16-7-9-19(10-8-16)24-20(21)23-13-17-3-5-18(6-4-17)14-25-12-11-22-15-25;/h3-12,15H,2,13-14H2,1H3,(H3,21,23,24);1H. The van der Waals surface area contributed by atoms with Gasteiger partial charge in [-0.3, -0.25) is 0 Å². The van der Waals surface area contributed by atoms with Crippen LogP contribution < -0.4 is 11.1 Å². The Hall–Kier alpha value is -2.35. The van der Waals surface area contributed by atoms with Crippen LogP contribution in [0.3, 0.4) is 0 Å². The van der Waals surface area contributed by atoms with Gasteiger partial charge < -0.3 is 15.6 Å². The molecule has 0 aliphatic rings. The van der Waals surface area contributed by atoms with Crippen molar-refractivity contribution in [3.8, 4) is 0 Å². The Morgan fingerprint density at radius 2 is 1.69 bits per heavy atom. The Balaban J connectivity index is 0.00000243. The van der Waals surface area contributed by atoms with Gasteiger partial charge in [-0.2, -0.15) is 0 Å². The maximum absolute atomic E-state index is 5.97. The van der Waals surface area contributed by atoms with Crippen LogP contribution >= 0.6 is 24.0 Å². The molecule has 3 N–H and O–H groups in total. The normalized spacial score (nSPS) is 11.0. The predicted octanol–water partition coefficient (Wildman–Crippen LogP) is 4.04. The zero-order valence-electron chi connectivity index (χ0n) is 14.8. The first-order valence-corrected chi connectivity index (χ1v) is 8.42. The van der Waals surface area contributed by atoms with Gasteiger partial charge in [0.1, 0.15) is 0 Å². The second-order valence-electron chi connectivity index (χ2n) is 5.93. The quantitative estimate of drug-likeness (QED) is 0.331. The van der Waals surface area contributed by atoms with Gasteiger partial charge in [0.15, 0.2) is 5.96 Å². The molecule has 2 aromatic carbocycles. The molecular formula is C20H24IN5. The van der Waals surface area contributed by atoms with Gasteiger partial charge in [-0.05, 0) is 35.2 Å². The maximum Gasteiger partial charge on any atom is 0.193 e. The molecule has 0 amide bonds. The lowest BCUT2D eigenvalue weighted by Gasteiger charge is -2.07. The van der Waals surface area contributed by atoms with Crippen LogP contribution in [0, 0.1) is 0 Å². The predicted molar refractivity (Wildman–Crippen MR) is 118 cm³/mol. The Bertz CT molecular complexity index is 808. The summed E-state index contributed by atoms with van der Waals surface area (Å²) in [5.74, 6) is 0.423. The van der Waals surface area contributed by atoms with E-state index in [-0.39, 0.29) is 24.0 Å². The number of guanidine groups is 1. The van der Waals surface area contributed by atoms with Crippen molar-refractivity contribution in [3.05, 3.63) is 83.9 Å². The van der Waals surface area contributed by atoms with E-state index in [1.54, 1.807) is 6.20 Å². The van der Waals surface area contributed by atoms with Crippen LogP contribution in [-0.4, -0.2) is 15.5 Å². The molecule has 0 saturated heterocycles. The summed E-state index contributed by atoms with van der Waals surface area (Å²) in [6, 6.07) is 16.6. The summed E-state index contributed by atoms with van der Waals surface area (Å²) < 4.78 is 2.04. The first kappa shape index (κ1) is 20.0. The highest BCUT2D eigenvalue weighted by Crippen LogP contribution is 2.10. The van der Waals surface area contributed by atoms with E-state index in [1.807, 2.05) is 29.2 Å². The Morgan fingerprint density at radius 3 is 2.31 bits per heavy atom. The minimum absolute atomic E-state index is 0.